The summed E-state index contributed by atoms with van der Waals surface area (Å²) in [6.07, 6.45) is 1.79. The van der Waals surface area contributed by atoms with Gasteiger partial charge in [0.15, 0.2) is 5.96 Å². The summed E-state index contributed by atoms with van der Waals surface area (Å²) in [6, 6.07) is 11.9. The highest BCUT2D eigenvalue weighted by Gasteiger charge is 2.06. The van der Waals surface area contributed by atoms with Gasteiger partial charge in [-0.25, -0.2) is 9.98 Å². The largest absolute Gasteiger partial charge is 0.489 e. The highest BCUT2D eigenvalue weighted by atomic mass is 127. The minimum absolute atomic E-state index is 0. The van der Waals surface area contributed by atoms with Gasteiger partial charge >= 0.3 is 0 Å². The molecule has 1 atom stereocenters. The van der Waals surface area contributed by atoms with E-state index in [1.165, 1.54) is 5.56 Å². The monoisotopic (exact) mass is 484 g/mol. The topological polar surface area (TPSA) is 67.8 Å². The molecule has 1 aromatic heterocycles. The molecule has 2 N–H and O–H groups in total. The van der Waals surface area contributed by atoms with E-state index in [-0.39, 0.29) is 30.1 Å². The van der Waals surface area contributed by atoms with E-state index in [9.17, 15) is 0 Å². The number of methoxy groups -OCH3 is 1. The summed E-state index contributed by atoms with van der Waals surface area (Å²) >= 11 is 0. The van der Waals surface area contributed by atoms with Crippen molar-refractivity contribution in [1.82, 2.24) is 15.6 Å². The Morgan fingerprint density at radius 2 is 2.04 bits per heavy atom. The molecule has 0 saturated heterocycles. The van der Waals surface area contributed by atoms with Crippen molar-refractivity contribution in [2.24, 2.45) is 4.99 Å². The Morgan fingerprint density at radius 3 is 2.67 bits per heavy atom. The smallest absolute Gasteiger partial charge is 0.212 e. The SMILES string of the molecule is CCNC(=NCc1ccc(OC)nc1)NCC(C)Oc1cccc(C)c1.I. The summed E-state index contributed by atoms with van der Waals surface area (Å²) in [5.41, 5.74) is 2.21. The van der Waals surface area contributed by atoms with Gasteiger partial charge in [-0.2, -0.15) is 0 Å². The highest BCUT2D eigenvalue weighted by Crippen LogP contribution is 2.13. The van der Waals surface area contributed by atoms with Gasteiger partial charge in [-0.15, -0.1) is 24.0 Å². The van der Waals surface area contributed by atoms with Crippen molar-refractivity contribution in [2.45, 2.75) is 33.4 Å². The van der Waals surface area contributed by atoms with E-state index in [0.717, 1.165) is 23.8 Å². The molecule has 0 radical (unpaired) electrons. The average Bonchev–Trinajstić information content (AvgIpc) is 2.64. The Bertz CT molecular complexity index is 707. The Labute approximate surface area is 178 Å². The Morgan fingerprint density at radius 1 is 1.22 bits per heavy atom. The summed E-state index contributed by atoms with van der Waals surface area (Å²) < 4.78 is 11.0. The number of pyridine rings is 1. The fourth-order valence-electron chi connectivity index (χ4n) is 2.34. The number of halogens is 1. The van der Waals surface area contributed by atoms with Gasteiger partial charge in [0.25, 0.3) is 0 Å². The van der Waals surface area contributed by atoms with Crippen LogP contribution in [-0.4, -0.2) is 37.2 Å². The molecule has 0 fully saturated rings. The second kappa shape index (κ2) is 12.4. The van der Waals surface area contributed by atoms with Crippen LogP contribution in [-0.2, 0) is 6.54 Å². The van der Waals surface area contributed by atoms with Gasteiger partial charge in [-0.3, -0.25) is 0 Å². The van der Waals surface area contributed by atoms with E-state index in [0.29, 0.717) is 19.0 Å². The third-order valence-corrected chi connectivity index (χ3v) is 3.65. The molecule has 0 bridgehead atoms. The third-order valence-electron chi connectivity index (χ3n) is 3.65. The number of nitrogens with zero attached hydrogens (tertiary/aromatic N) is 2. The van der Waals surface area contributed by atoms with E-state index in [2.05, 4.69) is 33.6 Å². The third kappa shape index (κ3) is 8.47. The first-order chi connectivity index (χ1) is 12.6. The molecule has 148 valence electrons. The molecule has 27 heavy (non-hydrogen) atoms. The molecule has 2 rings (SSSR count). The van der Waals surface area contributed by atoms with Crippen molar-refractivity contribution >= 4 is 29.9 Å². The molecule has 1 heterocycles. The molecule has 0 aliphatic heterocycles. The first kappa shape index (κ1) is 23.0. The number of benzene rings is 1. The molecule has 2 aromatic rings. The predicted octanol–water partition coefficient (Wildman–Crippen LogP) is 3.54. The molecule has 0 saturated carbocycles. The van der Waals surface area contributed by atoms with Crippen LogP contribution in [0, 0.1) is 6.92 Å². The molecule has 1 unspecified atom stereocenters. The van der Waals surface area contributed by atoms with Gasteiger partial charge in [-0.05, 0) is 44.0 Å². The number of guanidine groups is 1. The maximum Gasteiger partial charge on any atom is 0.212 e. The highest BCUT2D eigenvalue weighted by molar-refractivity contribution is 14.0. The van der Waals surface area contributed by atoms with Crippen LogP contribution < -0.4 is 20.1 Å². The van der Waals surface area contributed by atoms with Crippen molar-refractivity contribution in [3.8, 4) is 11.6 Å². The molecule has 6 nitrogen and oxygen atoms in total. The van der Waals surface area contributed by atoms with E-state index in [1.807, 2.05) is 44.2 Å². The zero-order valence-electron chi connectivity index (χ0n) is 16.4. The number of aryl methyl sites for hydroxylation is 1. The van der Waals surface area contributed by atoms with Crippen LogP contribution in [0.15, 0.2) is 47.6 Å². The summed E-state index contributed by atoms with van der Waals surface area (Å²) in [5.74, 6) is 2.23. The average molecular weight is 484 g/mol. The van der Waals surface area contributed by atoms with Gasteiger partial charge in [0.2, 0.25) is 5.88 Å². The molecular weight excluding hydrogens is 455 g/mol. The lowest BCUT2D eigenvalue weighted by Crippen LogP contribution is -2.41. The molecule has 0 aliphatic rings. The van der Waals surface area contributed by atoms with E-state index >= 15 is 0 Å². The lowest BCUT2D eigenvalue weighted by molar-refractivity contribution is 0.223. The van der Waals surface area contributed by atoms with Gasteiger partial charge in [0.05, 0.1) is 20.2 Å². The molecule has 0 amide bonds. The van der Waals surface area contributed by atoms with Crippen LogP contribution >= 0.6 is 24.0 Å². The summed E-state index contributed by atoms with van der Waals surface area (Å²) in [5, 5.41) is 6.56. The first-order valence-corrected chi connectivity index (χ1v) is 8.85. The number of hydrogen-bond donors (Lipinski definition) is 2. The Kier molecular flexibility index (Phi) is 10.5. The fraction of sp³-hybridized carbons (Fsp3) is 0.400. The van der Waals surface area contributed by atoms with Crippen molar-refractivity contribution in [1.29, 1.82) is 0 Å². The van der Waals surface area contributed by atoms with Crippen LogP contribution in [0.25, 0.3) is 0 Å². The summed E-state index contributed by atoms with van der Waals surface area (Å²) in [6.45, 7) is 8.12. The zero-order valence-corrected chi connectivity index (χ0v) is 18.7. The van der Waals surface area contributed by atoms with Gasteiger partial charge in [0, 0.05) is 18.8 Å². The minimum Gasteiger partial charge on any atom is -0.489 e. The van der Waals surface area contributed by atoms with Crippen molar-refractivity contribution in [3.63, 3.8) is 0 Å². The second-order valence-corrected chi connectivity index (χ2v) is 6.03. The number of aromatic nitrogens is 1. The van der Waals surface area contributed by atoms with Crippen molar-refractivity contribution in [2.75, 3.05) is 20.2 Å². The molecule has 0 spiro atoms. The molecule has 1 aromatic carbocycles. The normalized spacial score (nSPS) is 11.9. The second-order valence-electron chi connectivity index (χ2n) is 6.03. The first-order valence-electron chi connectivity index (χ1n) is 8.85. The molecule has 7 heteroatoms. The van der Waals surface area contributed by atoms with Gasteiger partial charge < -0.3 is 20.1 Å². The maximum absolute atomic E-state index is 5.94. The van der Waals surface area contributed by atoms with Crippen LogP contribution in [0.4, 0.5) is 0 Å². The van der Waals surface area contributed by atoms with Crippen LogP contribution in [0.3, 0.4) is 0 Å². The quantitative estimate of drug-likeness (QED) is 0.341. The van der Waals surface area contributed by atoms with Crippen LogP contribution in [0.5, 0.6) is 11.6 Å². The predicted molar refractivity (Wildman–Crippen MR) is 120 cm³/mol. The number of hydrogen-bond acceptors (Lipinski definition) is 4. The van der Waals surface area contributed by atoms with Crippen LogP contribution in [0.1, 0.15) is 25.0 Å². The molecular formula is C20H29IN4O2. The standard InChI is InChI=1S/C20H28N4O2.HI/c1-5-21-20(24-14-17-9-10-19(25-4)22-13-17)23-12-16(3)26-18-8-6-7-15(2)11-18;/h6-11,13,16H,5,12,14H2,1-4H3,(H2,21,23,24);1H. The van der Waals surface area contributed by atoms with Crippen molar-refractivity contribution < 1.29 is 9.47 Å². The van der Waals surface area contributed by atoms with E-state index < -0.39 is 0 Å². The van der Waals surface area contributed by atoms with E-state index in [1.54, 1.807) is 13.3 Å². The minimum atomic E-state index is 0. The van der Waals surface area contributed by atoms with Gasteiger partial charge in [0.1, 0.15) is 11.9 Å². The van der Waals surface area contributed by atoms with Crippen molar-refractivity contribution in [3.05, 3.63) is 53.7 Å². The number of rotatable bonds is 8. The number of aliphatic imine (C=N–C) groups is 1. The zero-order chi connectivity index (χ0) is 18.8. The lowest BCUT2D eigenvalue weighted by atomic mass is 10.2. The molecule has 0 aliphatic carbocycles. The Hall–Kier alpha value is -2.03. The summed E-state index contributed by atoms with van der Waals surface area (Å²) in [4.78, 5) is 8.79. The van der Waals surface area contributed by atoms with Gasteiger partial charge in [-0.1, -0.05) is 18.2 Å². The maximum atomic E-state index is 5.94. The fourth-order valence-corrected chi connectivity index (χ4v) is 2.34. The Balaban J connectivity index is 0.00000364. The summed E-state index contributed by atoms with van der Waals surface area (Å²) in [7, 11) is 1.60. The number of ether oxygens (including phenoxy) is 2. The lowest BCUT2D eigenvalue weighted by Gasteiger charge is -2.18. The van der Waals surface area contributed by atoms with Crippen LogP contribution in [0.2, 0.25) is 0 Å². The number of nitrogens with one attached hydrogen (secondary N) is 2. The van der Waals surface area contributed by atoms with E-state index in [4.69, 9.17) is 9.47 Å².